The summed E-state index contributed by atoms with van der Waals surface area (Å²) >= 11 is 0. The standard InChI is InChI=1S/C20H24O7/c1-11-7-8-16(22)19(24)15(21)6-4-5-13-9-14(26-3)10-17(23)18(13)20(25)27-12(11)2/h4-5,7-12,15,19,21,23-24H,6H2,1-3H3/b5-4+,8-7+/t11-,12?,15+,19-/m1/s1. The van der Waals surface area contributed by atoms with Gasteiger partial charge in [0.1, 0.15) is 29.3 Å². The number of benzene rings is 1. The molecule has 2 rings (SSSR count). The molecule has 0 aromatic heterocycles. The van der Waals surface area contributed by atoms with Gasteiger partial charge in [-0.15, -0.1) is 0 Å². The van der Waals surface area contributed by atoms with Crippen molar-refractivity contribution < 1.29 is 34.4 Å². The summed E-state index contributed by atoms with van der Waals surface area (Å²) in [6.07, 6.45) is 2.19. The highest BCUT2D eigenvalue weighted by atomic mass is 16.5. The van der Waals surface area contributed by atoms with Gasteiger partial charge >= 0.3 is 5.97 Å². The minimum absolute atomic E-state index is 0.0286. The Bertz CT molecular complexity index is 766. The number of phenols is 1. The minimum Gasteiger partial charge on any atom is -0.507 e. The van der Waals surface area contributed by atoms with Gasteiger partial charge in [-0.05, 0) is 31.1 Å². The first kappa shape index (κ1) is 20.7. The normalized spacial score (nSPS) is 29.2. The lowest BCUT2D eigenvalue weighted by molar-refractivity contribution is -0.127. The van der Waals surface area contributed by atoms with Gasteiger partial charge in [0, 0.05) is 12.0 Å². The van der Waals surface area contributed by atoms with Crippen LogP contribution in [0.15, 0.2) is 30.4 Å². The van der Waals surface area contributed by atoms with Crippen molar-refractivity contribution in [3.63, 3.8) is 0 Å². The fourth-order valence-corrected chi connectivity index (χ4v) is 2.58. The molecule has 0 saturated heterocycles. The van der Waals surface area contributed by atoms with E-state index in [4.69, 9.17) is 9.47 Å². The van der Waals surface area contributed by atoms with Crippen molar-refractivity contribution in [2.24, 2.45) is 5.92 Å². The highest BCUT2D eigenvalue weighted by Crippen LogP contribution is 2.30. The molecular weight excluding hydrogens is 352 g/mol. The smallest absolute Gasteiger partial charge is 0.342 e. The lowest BCUT2D eigenvalue weighted by atomic mass is 9.99. The van der Waals surface area contributed by atoms with Gasteiger partial charge in [0.05, 0.1) is 13.2 Å². The number of ketones is 1. The molecule has 1 heterocycles. The number of fused-ring (bicyclic) bond motifs is 1. The molecule has 0 spiro atoms. The van der Waals surface area contributed by atoms with Crippen molar-refractivity contribution in [1.29, 1.82) is 0 Å². The maximum absolute atomic E-state index is 12.6. The molecule has 146 valence electrons. The van der Waals surface area contributed by atoms with Crippen LogP contribution in [0.2, 0.25) is 0 Å². The van der Waals surface area contributed by atoms with E-state index in [1.165, 1.54) is 37.5 Å². The first-order valence-electron chi connectivity index (χ1n) is 8.61. The summed E-state index contributed by atoms with van der Waals surface area (Å²) in [5, 5.41) is 30.2. The van der Waals surface area contributed by atoms with Crippen LogP contribution >= 0.6 is 0 Å². The summed E-state index contributed by atoms with van der Waals surface area (Å²) in [5.41, 5.74) is 0.301. The second-order valence-electron chi connectivity index (χ2n) is 6.49. The Kier molecular flexibility index (Phi) is 6.76. The van der Waals surface area contributed by atoms with Crippen LogP contribution in [-0.4, -0.2) is 52.5 Å². The molecule has 0 aliphatic carbocycles. The van der Waals surface area contributed by atoms with Crippen molar-refractivity contribution in [3.8, 4) is 11.5 Å². The van der Waals surface area contributed by atoms with E-state index in [1.807, 2.05) is 0 Å². The number of phenolic OH excluding ortho intramolecular Hbond substituents is 1. The third-order valence-corrected chi connectivity index (χ3v) is 4.49. The van der Waals surface area contributed by atoms with Crippen molar-refractivity contribution >= 4 is 17.8 Å². The average Bonchev–Trinajstić information content (AvgIpc) is 2.63. The van der Waals surface area contributed by atoms with Gasteiger partial charge in [-0.1, -0.05) is 25.2 Å². The molecule has 1 aliphatic heterocycles. The Morgan fingerprint density at radius 3 is 2.52 bits per heavy atom. The first-order valence-corrected chi connectivity index (χ1v) is 8.61. The second-order valence-corrected chi connectivity index (χ2v) is 6.49. The largest absolute Gasteiger partial charge is 0.507 e. The Hall–Kier alpha value is -2.64. The quantitative estimate of drug-likeness (QED) is 0.641. The fraction of sp³-hybridized carbons (Fsp3) is 0.400. The molecule has 0 radical (unpaired) electrons. The highest BCUT2D eigenvalue weighted by Gasteiger charge is 2.25. The number of cyclic esters (lactones) is 1. The SMILES string of the molecule is COc1cc(O)c2c(c1)/C=C/C[C@H](O)[C@@H](O)C(=O)/C=C/[C@@H](C)C(C)OC2=O. The average molecular weight is 376 g/mol. The van der Waals surface area contributed by atoms with Crippen LogP contribution in [0.25, 0.3) is 6.08 Å². The van der Waals surface area contributed by atoms with Gasteiger partial charge < -0.3 is 24.8 Å². The van der Waals surface area contributed by atoms with Gasteiger partial charge in [0.25, 0.3) is 0 Å². The van der Waals surface area contributed by atoms with E-state index in [0.717, 1.165) is 0 Å². The number of aliphatic hydroxyl groups excluding tert-OH is 2. The minimum atomic E-state index is -1.56. The summed E-state index contributed by atoms with van der Waals surface area (Å²) in [6.45, 7) is 3.40. The zero-order valence-corrected chi connectivity index (χ0v) is 15.5. The molecule has 1 aromatic carbocycles. The third-order valence-electron chi connectivity index (χ3n) is 4.49. The van der Waals surface area contributed by atoms with Gasteiger partial charge in [-0.25, -0.2) is 4.79 Å². The molecule has 1 aromatic rings. The van der Waals surface area contributed by atoms with E-state index in [-0.39, 0.29) is 23.7 Å². The van der Waals surface area contributed by atoms with Crippen LogP contribution in [0.5, 0.6) is 11.5 Å². The molecule has 1 aliphatic rings. The molecule has 7 heteroatoms. The maximum atomic E-state index is 12.6. The second kappa shape index (κ2) is 8.83. The number of rotatable bonds is 1. The van der Waals surface area contributed by atoms with E-state index >= 15 is 0 Å². The number of hydrogen-bond acceptors (Lipinski definition) is 7. The maximum Gasteiger partial charge on any atom is 0.342 e. The molecule has 0 amide bonds. The molecular formula is C20H24O7. The summed E-state index contributed by atoms with van der Waals surface area (Å²) in [6, 6.07) is 2.85. The van der Waals surface area contributed by atoms with Gasteiger partial charge in [-0.2, -0.15) is 0 Å². The van der Waals surface area contributed by atoms with Crippen LogP contribution in [0.1, 0.15) is 36.2 Å². The van der Waals surface area contributed by atoms with Crippen LogP contribution in [0, 0.1) is 5.92 Å². The third kappa shape index (κ3) is 4.96. The monoisotopic (exact) mass is 376 g/mol. The number of esters is 1. The zero-order chi connectivity index (χ0) is 20.1. The number of ether oxygens (including phenoxy) is 2. The molecule has 0 bridgehead atoms. The molecule has 3 N–H and O–H groups in total. The van der Waals surface area contributed by atoms with Crippen LogP contribution in [0.4, 0.5) is 0 Å². The summed E-state index contributed by atoms with van der Waals surface area (Å²) < 4.78 is 10.5. The number of aliphatic hydroxyl groups is 2. The summed E-state index contributed by atoms with van der Waals surface area (Å²) in [7, 11) is 1.42. The number of carbonyl (C=O) groups is 2. The summed E-state index contributed by atoms with van der Waals surface area (Å²) in [5.74, 6) is -1.63. The number of hydrogen-bond donors (Lipinski definition) is 3. The van der Waals surface area contributed by atoms with Crippen molar-refractivity contribution in [2.45, 2.75) is 38.6 Å². The lowest BCUT2D eigenvalue weighted by Crippen LogP contribution is -2.32. The van der Waals surface area contributed by atoms with E-state index < -0.39 is 30.1 Å². The van der Waals surface area contributed by atoms with Gasteiger partial charge in [0.15, 0.2) is 5.78 Å². The molecule has 27 heavy (non-hydrogen) atoms. The van der Waals surface area contributed by atoms with Crippen LogP contribution < -0.4 is 4.74 Å². The summed E-state index contributed by atoms with van der Waals surface area (Å²) in [4.78, 5) is 24.6. The highest BCUT2D eigenvalue weighted by molar-refractivity contribution is 5.97. The van der Waals surface area contributed by atoms with Crippen LogP contribution in [-0.2, 0) is 9.53 Å². The predicted octanol–water partition coefficient (Wildman–Crippen LogP) is 1.85. The molecule has 0 saturated carbocycles. The van der Waals surface area contributed by atoms with Crippen molar-refractivity contribution in [2.75, 3.05) is 7.11 Å². The van der Waals surface area contributed by atoms with Crippen molar-refractivity contribution in [3.05, 3.63) is 41.5 Å². The molecule has 7 nitrogen and oxygen atoms in total. The Morgan fingerprint density at radius 2 is 1.85 bits per heavy atom. The molecule has 4 atom stereocenters. The van der Waals surface area contributed by atoms with E-state index in [2.05, 4.69) is 0 Å². The Balaban J connectivity index is 2.50. The van der Waals surface area contributed by atoms with E-state index in [9.17, 15) is 24.9 Å². The number of carbonyl (C=O) groups excluding carboxylic acids is 2. The first-order chi connectivity index (χ1) is 12.7. The number of methoxy groups -OCH3 is 1. The van der Waals surface area contributed by atoms with Crippen molar-refractivity contribution in [1.82, 2.24) is 0 Å². The topological polar surface area (TPSA) is 113 Å². The molecule has 0 fully saturated rings. The van der Waals surface area contributed by atoms with Gasteiger partial charge in [-0.3, -0.25) is 4.79 Å². The van der Waals surface area contributed by atoms with E-state index in [1.54, 1.807) is 19.9 Å². The molecule has 1 unspecified atom stereocenters. The Morgan fingerprint density at radius 1 is 1.15 bits per heavy atom. The van der Waals surface area contributed by atoms with Gasteiger partial charge in [0.2, 0.25) is 0 Å². The zero-order valence-electron chi connectivity index (χ0n) is 15.5. The van der Waals surface area contributed by atoms with E-state index in [0.29, 0.717) is 11.3 Å². The van der Waals surface area contributed by atoms with Crippen LogP contribution in [0.3, 0.4) is 0 Å². The lowest BCUT2D eigenvalue weighted by Gasteiger charge is -2.20. The fourth-order valence-electron chi connectivity index (χ4n) is 2.58. The number of aromatic hydroxyl groups is 1. The predicted molar refractivity (Wildman–Crippen MR) is 98.5 cm³/mol. The Labute approximate surface area is 157 Å².